The lowest BCUT2D eigenvalue weighted by atomic mass is 9.93. The minimum atomic E-state index is -1.02. The van der Waals surface area contributed by atoms with E-state index in [0.29, 0.717) is 39.3 Å². The van der Waals surface area contributed by atoms with Crippen molar-refractivity contribution in [2.24, 2.45) is 0 Å². The molecule has 4 rings (SSSR count). The van der Waals surface area contributed by atoms with Crippen LogP contribution in [-0.2, 0) is 0 Å². The van der Waals surface area contributed by atoms with E-state index in [9.17, 15) is 14.7 Å². The van der Waals surface area contributed by atoms with Gasteiger partial charge in [0.15, 0.2) is 5.43 Å². The number of para-hydroxylation sites is 1. The van der Waals surface area contributed by atoms with Crippen LogP contribution in [-0.4, -0.2) is 16.8 Å². The van der Waals surface area contributed by atoms with Gasteiger partial charge in [-0.15, -0.1) is 0 Å². The third kappa shape index (κ3) is 4.15. The Morgan fingerprint density at radius 3 is 2.58 bits per heavy atom. The SMILES string of the molecule is C=C1C=C(c2cc(=O)c3cc(C)cc(C(C)Nc4ccccc4C(=O)O)c3o2)C=C(C)C1=N. The van der Waals surface area contributed by atoms with Crippen molar-refractivity contribution in [2.75, 3.05) is 5.32 Å². The van der Waals surface area contributed by atoms with Crippen molar-refractivity contribution in [1.29, 1.82) is 5.41 Å². The first-order valence-electron chi connectivity index (χ1n) is 10.5. The standard InChI is InChI=1S/C27H24N2O4/c1-14-9-20(17(4)29-22-8-6-5-7-19(22)27(31)32)26-21(10-14)23(30)13-24(33-26)18-11-15(2)25(28)16(3)12-18/h5-13,17,28-29H,2H2,1,3-4H3,(H,31,32). The number of fused-ring (bicyclic) bond motifs is 1. The highest BCUT2D eigenvalue weighted by Crippen LogP contribution is 2.32. The van der Waals surface area contributed by atoms with Gasteiger partial charge in [-0.3, -0.25) is 4.79 Å². The lowest BCUT2D eigenvalue weighted by molar-refractivity contribution is 0.0698. The van der Waals surface area contributed by atoms with Gasteiger partial charge >= 0.3 is 5.97 Å². The first-order valence-corrected chi connectivity index (χ1v) is 10.5. The molecule has 0 radical (unpaired) electrons. The summed E-state index contributed by atoms with van der Waals surface area (Å²) < 4.78 is 6.26. The molecule has 1 unspecified atom stereocenters. The largest absolute Gasteiger partial charge is 0.478 e. The van der Waals surface area contributed by atoms with Gasteiger partial charge in [0.05, 0.1) is 22.7 Å². The van der Waals surface area contributed by atoms with Gasteiger partial charge in [0.25, 0.3) is 0 Å². The van der Waals surface area contributed by atoms with Crippen molar-refractivity contribution in [3.8, 4) is 0 Å². The van der Waals surface area contributed by atoms with Crippen LogP contribution < -0.4 is 10.7 Å². The van der Waals surface area contributed by atoms with Gasteiger partial charge in [-0.2, -0.15) is 0 Å². The second-order valence-electron chi connectivity index (χ2n) is 8.25. The number of hydrogen-bond donors (Lipinski definition) is 3. The molecule has 1 aromatic heterocycles. The molecule has 0 amide bonds. The summed E-state index contributed by atoms with van der Waals surface area (Å²) in [6.45, 7) is 9.53. The fourth-order valence-corrected chi connectivity index (χ4v) is 4.01. The van der Waals surface area contributed by atoms with E-state index in [1.165, 1.54) is 6.07 Å². The first-order chi connectivity index (χ1) is 15.7. The maximum atomic E-state index is 13.0. The topological polar surface area (TPSA) is 103 Å². The Balaban J connectivity index is 1.85. The zero-order valence-corrected chi connectivity index (χ0v) is 18.7. The zero-order valence-electron chi connectivity index (χ0n) is 18.7. The highest BCUT2D eigenvalue weighted by Gasteiger charge is 2.20. The number of hydrogen-bond acceptors (Lipinski definition) is 5. The van der Waals surface area contributed by atoms with Crippen LogP contribution in [0.5, 0.6) is 0 Å². The van der Waals surface area contributed by atoms with E-state index in [0.717, 1.165) is 16.7 Å². The van der Waals surface area contributed by atoms with Gasteiger partial charge in [-0.1, -0.05) is 24.8 Å². The van der Waals surface area contributed by atoms with Gasteiger partial charge in [0.1, 0.15) is 11.3 Å². The molecule has 1 heterocycles. The highest BCUT2D eigenvalue weighted by molar-refractivity contribution is 6.15. The van der Waals surface area contributed by atoms with E-state index >= 15 is 0 Å². The Kier molecular flexibility index (Phi) is 5.60. The normalized spacial score (nSPS) is 14.6. The molecular formula is C27H24N2O4. The van der Waals surface area contributed by atoms with Crippen molar-refractivity contribution >= 4 is 33.9 Å². The molecular weight excluding hydrogens is 416 g/mol. The summed E-state index contributed by atoms with van der Waals surface area (Å²) >= 11 is 0. The smallest absolute Gasteiger partial charge is 0.337 e. The van der Waals surface area contributed by atoms with Crippen molar-refractivity contribution in [3.63, 3.8) is 0 Å². The number of anilines is 1. The monoisotopic (exact) mass is 440 g/mol. The minimum absolute atomic E-state index is 0.164. The molecule has 1 atom stereocenters. The maximum absolute atomic E-state index is 13.0. The van der Waals surface area contributed by atoms with E-state index in [1.54, 1.807) is 42.5 Å². The molecule has 6 nitrogen and oxygen atoms in total. The van der Waals surface area contributed by atoms with Crippen molar-refractivity contribution in [1.82, 2.24) is 0 Å². The van der Waals surface area contributed by atoms with Crippen molar-refractivity contribution < 1.29 is 14.3 Å². The maximum Gasteiger partial charge on any atom is 0.337 e. The Labute approximate surface area is 191 Å². The Hall–Kier alpha value is -4.19. The molecule has 0 fully saturated rings. The number of aryl methyl sites for hydroxylation is 1. The lowest BCUT2D eigenvalue weighted by Gasteiger charge is -2.20. The average molecular weight is 440 g/mol. The van der Waals surface area contributed by atoms with Gasteiger partial charge in [0.2, 0.25) is 0 Å². The highest BCUT2D eigenvalue weighted by atomic mass is 16.4. The second kappa shape index (κ2) is 8.39. The molecule has 0 saturated heterocycles. The molecule has 6 heteroatoms. The van der Waals surface area contributed by atoms with Crippen LogP contribution in [0.3, 0.4) is 0 Å². The van der Waals surface area contributed by atoms with Crippen LogP contribution in [0.2, 0.25) is 0 Å². The second-order valence-corrected chi connectivity index (χ2v) is 8.25. The number of aromatic carboxylic acids is 1. The van der Waals surface area contributed by atoms with Crippen LogP contribution in [0.4, 0.5) is 5.69 Å². The fraction of sp³-hybridized carbons (Fsp3) is 0.148. The van der Waals surface area contributed by atoms with Crippen molar-refractivity contribution in [2.45, 2.75) is 26.8 Å². The first kappa shape index (κ1) is 22.0. The zero-order chi connectivity index (χ0) is 23.9. The summed E-state index contributed by atoms with van der Waals surface area (Å²) in [4.78, 5) is 24.6. The van der Waals surface area contributed by atoms with E-state index in [2.05, 4.69) is 11.9 Å². The lowest BCUT2D eigenvalue weighted by Crippen LogP contribution is -2.13. The number of carbonyl (C=O) groups is 1. The van der Waals surface area contributed by atoms with E-state index in [1.807, 2.05) is 26.8 Å². The molecule has 1 aliphatic rings. The molecule has 2 aromatic carbocycles. The van der Waals surface area contributed by atoms with Crippen LogP contribution >= 0.6 is 0 Å². The third-order valence-corrected chi connectivity index (χ3v) is 5.70. The minimum Gasteiger partial charge on any atom is -0.478 e. The Morgan fingerprint density at radius 2 is 1.88 bits per heavy atom. The number of allylic oxidation sites excluding steroid dienone is 5. The number of benzene rings is 2. The number of carboxylic acids is 1. The van der Waals surface area contributed by atoms with E-state index in [-0.39, 0.29) is 17.0 Å². The number of rotatable bonds is 5. The predicted octanol–water partition coefficient (Wildman–Crippen LogP) is 5.89. The van der Waals surface area contributed by atoms with Crippen LogP contribution in [0.1, 0.15) is 47.1 Å². The van der Waals surface area contributed by atoms with Gasteiger partial charge in [0, 0.05) is 22.9 Å². The summed E-state index contributed by atoms with van der Waals surface area (Å²) in [5.41, 5.74) is 4.87. The molecule has 3 aromatic rings. The fourth-order valence-electron chi connectivity index (χ4n) is 4.01. The molecule has 166 valence electrons. The Morgan fingerprint density at radius 1 is 1.15 bits per heavy atom. The van der Waals surface area contributed by atoms with Gasteiger partial charge in [-0.05, 0) is 67.8 Å². The molecule has 0 saturated carbocycles. The quantitative estimate of drug-likeness (QED) is 0.459. The number of nitrogens with one attached hydrogen (secondary N) is 2. The third-order valence-electron chi connectivity index (χ3n) is 5.70. The van der Waals surface area contributed by atoms with Crippen LogP contribution in [0.15, 0.2) is 81.6 Å². The van der Waals surface area contributed by atoms with Crippen molar-refractivity contribution in [3.05, 3.63) is 105 Å². The van der Waals surface area contributed by atoms with Gasteiger partial charge in [-0.25, -0.2) is 4.79 Å². The van der Waals surface area contributed by atoms with E-state index in [4.69, 9.17) is 9.83 Å². The summed E-state index contributed by atoms with van der Waals surface area (Å²) in [6, 6.07) is 11.5. The Bertz CT molecular complexity index is 1460. The van der Waals surface area contributed by atoms with Crippen LogP contribution in [0.25, 0.3) is 16.5 Å². The summed E-state index contributed by atoms with van der Waals surface area (Å²) in [6.07, 6.45) is 3.54. The molecule has 0 bridgehead atoms. The molecule has 0 spiro atoms. The summed E-state index contributed by atoms with van der Waals surface area (Å²) in [7, 11) is 0. The molecule has 3 N–H and O–H groups in total. The summed E-state index contributed by atoms with van der Waals surface area (Å²) in [5.74, 6) is -0.630. The average Bonchev–Trinajstić information content (AvgIpc) is 2.77. The predicted molar refractivity (Wildman–Crippen MR) is 131 cm³/mol. The number of carboxylic acid groups (broad SMARTS) is 1. The molecule has 0 aliphatic heterocycles. The molecule has 1 aliphatic carbocycles. The van der Waals surface area contributed by atoms with E-state index < -0.39 is 5.97 Å². The van der Waals surface area contributed by atoms with Gasteiger partial charge < -0.3 is 20.2 Å². The molecule has 33 heavy (non-hydrogen) atoms. The van der Waals surface area contributed by atoms with Crippen LogP contribution in [0, 0.1) is 12.3 Å². The summed E-state index contributed by atoms with van der Waals surface area (Å²) in [5, 5.41) is 21.3.